The molecule has 1 rings (SSSR count). The SMILES string of the molecule is CC(O)CCCS(=O)(=O)c1ccc(C(C)(C)C)cc1. The van der Waals surface area contributed by atoms with Crippen LogP contribution in [0.25, 0.3) is 0 Å². The van der Waals surface area contributed by atoms with E-state index in [2.05, 4.69) is 20.8 Å². The van der Waals surface area contributed by atoms with Crippen molar-refractivity contribution in [3.05, 3.63) is 29.8 Å². The second kappa shape index (κ2) is 6.06. The van der Waals surface area contributed by atoms with Gasteiger partial charge in [0, 0.05) is 0 Å². The van der Waals surface area contributed by atoms with Gasteiger partial charge in [0.15, 0.2) is 9.84 Å². The van der Waals surface area contributed by atoms with E-state index in [1.54, 1.807) is 19.1 Å². The van der Waals surface area contributed by atoms with Gasteiger partial charge in [-0.15, -0.1) is 0 Å². The van der Waals surface area contributed by atoms with Gasteiger partial charge < -0.3 is 5.11 Å². The molecule has 1 aromatic rings. The van der Waals surface area contributed by atoms with Crippen LogP contribution in [0.1, 0.15) is 46.1 Å². The fourth-order valence-corrected chi connectivity index (χ4v) is 3.18. The summed E-state index contributed by atoms with van der Waals surface area (Å²) in [5, 5.41) is 9.15. The first-order valence-corrected chi connectivity index (χ1v) is 8.29. The van der Waals surface area contributed by atoms with Crippen molar-refractivity contribution in [1.29, 1.82) is 0 Å². The number of hydrogen-bond donors (Lipinski definition) is 1. The van der Waals surface area contributed by atoms with Gasteiger partial charge in [0.25, 0.3) is 0 Å². The van der Waals surface area contributed by atoms with Gasteiger partial charge in [-0.1, -0.05) is 32.9 Å². The number of aliphatic hydroxyl groups is 1. The van der Waals surface area contributed by atoms with Crippen molar-refractivity contribution in [2.45, 2.75) is 57.0 Å². The van der Waals surface area contributed by atoms with E-state index in [-0.39, 0.29) is 11.2 Å². The van der Waals surface area contributed by atoms with Gasteiger partial charge in [-0.05, 0) is 42.9 Å². The minimum absolute atomic E-state index is 0.0224. The summed E-state index contributed by atoms with van der Waals surface area (Å²) >= 11 is 0. The van der Waals surface area contributed by atoms with E-state index >= 15 is 0 Å². The molecule has 1 atom stereocenters. The molecule has 4 heteroatoms. The van der Waals surface area contributed by atoms with Gasteiger partial charge in [-0.3, -0.25) is 0 Å². The molecule has 1 unspecified atom stereocenters. The Morgan fingerprint density at radius 2 is 1.68 bits per heavy atom. The smallest absolute Gasteiger partial charge is 0.178 e. The average molecular weight is 284 g/mol. The van der Waals surface area contributed by atoms with Crippen LogP contribution in [0.2, 0.25) is 0 Å². The number of rotatable bonds is 5. The summed E-state index contributed by atoms with van der Waals surface area (Å²) in [6.07, 6.45) is 0.554. The normalized spacial score (nSPS) is 14.4. The van der Waals surface area contributed by atoms with Crippen molar-refractivity contribution in [2.24, 2.45) is 0 Å². The predicted molar refractivity (Wildman–Crippen MR) is 78.1 cm³/mol. The fourth-order valence-electron chi connectivity index (χ4n) is 1.85. The molecule has 19 heavy (non-hydrogen) atoms. The van der Waals surface area contributed by atoms with Crippen LogP contribution in [0.15, 0.2) is 29.2 Å². The molecule has 0 bridgehead atoms. The van der Waals surface area contributed by atoms with Crippen molar-refractivity contribution in [1.82, 2.24) is 0 Å². The Hall–Kier alpha value is -0.870. The van der Waals surface area contributed by atoms with Gasteiger partial charge in [0.1, 0.15) is 0 Å². The maximum Gasteiger partial charge on any atom is 0.178 e. The lowest BCUT2D eigenvalue weighted by atomic mass is 9.87. The van der Waals surface area contributed by atoms with E-state index < -0.39 is 15.9 Å². The molecule has 0 aliphatic rings. The molecule has 0 saturated carbocycles. The molecule has 0 heterocycles. The highest BCUT2D eigenvalue weighted by Gasteiger charge is 2.17. The first-order chi connectivity index (χ1) is 8.63. The highest BCUT2D eigenvalue weighted by atomic mass is 32.2. The fraction of sp³-hybridized carbons (Fsp3) is 0.600. The monoisotopic (exact) mass is 284 g/mol. The van der Waals surface area contributed by atoms with Crippen molar-refractivity contribution >= 4 is 9.84 Å². The molecule has 0 amide bonds. The lowest BCUT2D eigenvalue weighted by Crippen LogP contribution is -2.13. The number of sulfone groups is 1. The van der Waals surface area contributed by atoms with Gasteiger partial charge in [-0.2, -0.15) is 0 Å². The van der Waals surface area contributed by atoms with Crippen LogP contribution in [-0.2, 0) is 15.3 Å². The first-order valence-electron chi connectivity index (χ1n) is 6.64. The number of hydrogen-bond acceptors (Lipinski definition) is 3. The van der Waals surface area contributed by atoms with E-state index in [4.69, 9.17) is 5.11 Å². The summed E-state index contributed by atoms with van der Waals surface area (Å²) in [5.74, 6) is 0.0900. The Morgan fingerprint density at radius 1 is 1.16 bits per heavy atom. The summed E-state index contributed by atoms with van der Waals surface area (Å²) < 4.78 is 24.2. The molecule has 1 N–H and O–H groups in total. The second-order valence-electron chi connectivity index (χ2n) is 6.08. The van der Waals surface area contributed by atoms with Crippen LogP contribution < -0.4 is 0 Å². The van der Waals surface area contributed by atoms with Crippen LogP contribution in [-0.4, -0.2) is 25.4 Å². The topological polar surface area (TPSA) is 54.4 Å². The van der Waals surface area contributed by atoms with E-state index in [9.17, 15) is 8.42 Å². The van der Waals surface area contributed by atoms with Gasteiger partial charge in [-0.25, -0.2) is 8.42 Å². The van der Waals surface area contributed by atoms with Crippen LogP contribution >= 0.6 is 0 Å². The van der Waals surface area contributed by atoms with Crippen LogP contribution in [0, 0.1) is 0 Å². The Morgan fingerprint density at radius 3 is 2.11 bits per heavy atom. The number of benzene rings is 1. The molecule has 0 aromatic heterocycles. The molecule has 1 aromatic carbocycles. The second-order valence-corrected chi connectivity index (χ2v) is 8.19. The van der Waals surface area contributed by atoms with E-state index in [0.717, 1.165) is 5.56 Å². The first kappa shape index (κ1) is 16.2. The zero-order valence-electron chi connectivity index (χ0n) is 12.2. The Kier molecular flexibility index (Phi) is 5.16. The minimum Gasteiger partial charge on any atom is -0.393 e. The maximum atomic E-state index is 12.1. The van der Waals surface area contributed by atoms with E-state index in [1.807, 2.05) is 12.1 Å². The van der Waals surface area contributed by atoms with Crippen LogP contribution in [0.4, 0.5) is 0 Å². The van der Waals surface area contributed by atoms with Gasteiger partial charge in [0.2, 0.25) is 0 Å². The summed E-state index contributed by atoms with van der Waals surface area (Å²) in [4.78, 5) is 0.367. The summed E-state index contributed by atoms with van der Waals surface area (Å²) in [5.41, 5.74) is 1.14. The van der Waals surface area contributed by atoms with Crippen molar-refractivity contribution in [2.75, 3.05) is 5.75 Å². The molecular weight excluding hydrogens is 260 g/mol. The molecule has 0 fully saturated rings. The third-order valence-electron chi connectivity index (χ3n) is 3.11. The summed E-state index contributed by atoms with van der Waals surface area (Å²) in [7, 11) is -3.23. The Labute approximate surface area is 116 Å². The molecule has 0 aliphatic carbocycles. The summed E-state index contributed by atoms with van der Waals surface area (Å²) in [6.45, 7) is 7.96. The highest BCUT2D eigenvalue weighted by Crippen LogP contribution is 2.24. The molecule has 0 aliphatic heterocycles. The third kappa shape index (κ3) is 4.96. The zero-order valence-corrected chi connectivity index (χ0v) is 13.0. The van der Waals surface area contributed by atoms with Crippen LogP contribution in [0.3, 0.4) is 0 Å². The minimum atomic E-state index is -3.23. The Bertz CT molecular complexity index is 493. The average Bonchev–Trinajstić information content (AvgIpc) is 2.27. The van der Waals surface area contributed by atoms with Crippen molar-refractivity contribution < 1.29 is 13.5 Å². The predicted octanol–water partition coefficient (Wildman–Crippen LogP) is 2.92. The molecule has 108 valence electrons. The van der Waals surface area contributed by atoms with Gasteiger partial charge in [0.05, 0.1) is 16.8 Å². The number of aliphatic hydroxyl groups excluding tert-OH is 1. The van der Waals surface area contributed by atoms with E-state index in [0.29, 0.717) is 17.7 Å². The van der Waals surface area contributed by atoms with Crippen molar-refractivity contribution in [3.8, 4) is 0 Å². The molecule has 0 saturated heterocycles. The summed E-state index contributed by atoms with van der Waals surface area (Å²) in [6, 6.07) is 7.11. The highest BCUT2D eigenvalue weighted by molar-refractivity contribution is 7.91. The van der Waals surface area contributed by atoms with Crippen molar-refractivity contribution in [3.63, 3.8) is 0 Å². The lowest BCUT2D eigenvalue weighted by Gasteiger charge is -2.19. The largest absolute Gasteiger partial charge is 0.393 e. The molecule has 3 nitrogen and oxygen atoms in total. The van der Waals surface area contributed by atoms with Gasteiger partial charge >= 0.3 is 0 Å². The molecule has 0 spiro atoms. The standard InChI is InChI=1S/C15H24O3S/c1-12(16)6-5-11-19(17,18)14-9-7-13(8-10-14)15(2,3)4/h7-10,12,16H,5-6,11H2,1-4H3. The Balaban J connectivity index is 2.80. The molecular formula is C15H24O3S. The zero-order chi connectivity index (χ0) is 14.7. The lowest BCUT2D eigenvalue weighted by molar-refractivity contribution is 0.184. The third-order valence-corrected chi connectivity index (χ3v) is 4.93. The van der Waals surface area contributed by atoms with Crippen LogP contribution in [0.5, 0.6) is 0 Å². The maximum absolute atomic E-state index is 12.1. The quantitative estimate of drug-likeness (QED) is 0.904. The molecule has 0 radical (unpaired) electrons. The van der Waals surface area contributed by atoms with E-state index in [1.165, 1.54) is 0 Å².